The van der Waals surface area contributed by atoms with E-state index in [1.165, 1.54) is 26.2 Å². The summed E-state index contributed by atoms with van der Waals surface area (Å²) in [5, 5.41) is 3.31. The van der Waals surface area contributed by atoms with Gasteiger partial charge in [-0.05, 0) is 72.9 Å². The number of fused-ring (bicyclic) bond motifs is 2. The summed E-state index contributed by atoms with van der Waals surface area (Å²) in [5.74, 6) is -0.509. The van der Waals surface area contributed by atoms with Gasteiger partial charge < -0.3 is 14.5 Å². The third-order valence-electron chi connectivity index (χ3n) is 6.60. The second-order valence-electron chi connectivity index (χ2n) is 9.40. The van der Waals surface area contributed by atoms with Gasteiger partial charge in [0.05, 0.1) is 27.9 Å². The van der Waals surface area contributed by atoms with Gasteiger partial charge in [-0.1, -0.05) is 24.3 Å². The molecule has 10 heteroatoms. The zero-order chi connectivity index (χ0) is 27.7. The Bertz CT molecular complexity index is 1720. The van der Waals surface area contributed by atoms with Gasteiger partial charge in [0.25, 0.3) is 5.91 Å². The van der Waals surface area contributed by atoms with Crippen LogP contribution in [0.1, 0.15) is 39.4 Å². The van der Waals surface area contributed by atoms with Crippen LogP contribution in [0.25, 0.3) is 22.6 Å². The number of nitrogens with zero attached hydrogens (tertiary/aromatic N) is 2. The molecule has 0 aliphatic heterocycles. The first-order valence-corrected chi connectivity index (χ1v) is 13.8. The highest BCUT2D eigenvalue weighted by atomic mass is 32.2. The summed E-state index contributed by atoms with van der Waals surface area (Å²) in [6.07, 6.45) is 4.81. The smallest absolute Gasteiger partial charge is 0.339 e. The monoisotopic (exact) mass is 545 g/mol. The standard InChI is InChI=1S/C29H27N3O6S/c1-18-10-12-21(39(35,36)32(2)3)16-25(18)30-26(33)17-38-29(34)27-22-8-4-5-9-24(22)31-28-19(11-13-23(27)28)15-20-7-6-14-37-20/h4-10,12,14-16H,11,13,17H2,1-3H3,(H,30,33)/b19-15+. The van der Waals surface area contributed by atoms with Crippen LogP contribution in [0.4, 0.5) is 5.69 Å². The van der Waals surface area contributed by atoms with E-state index >= 15 is 0 Å². The molecule has 2 aromatic carbocycles. The molecule has 2 aromatic heterocycles. The first kappa shape index (κ1) is 26.3. The van der Waals surface area contributed by atoms with Crippen molar-refractivity contribution >= 4 is 50.1 Å². The number of aryl methyl sites for hydroxylation is 1. The number of pyridine rings is 1. The molecule has 0 bridgehead atoms. The fourth-order valence-electron chi connectivity index (χ4n) is 4.55. The summed E-state index contributed by atoms with van der Waals surface area (Å²) >= 11 is 0. The molecule has 39 heavy (non-hydrogen) atoms. The van der Waals surface area contributed by atoms with Crippen LogP contribution in [0.5, 0.6) is 0 Å². The molecule has 5 rings (SSSR count). The van der Waals surface area contributed by atoms with Crippen LogP contribution in [-0.4, -0.2) is 50.3 Å². The largest absolute Gasteiger partial charge is 0.465 e. The van der Waals surface area contributed by atoms with E-state index in [1.807, 2.05) is 42.5 Å². The molecule has 200 valence electrons. The average molecular weight is 546 g/mol. The first-order chi connectivity index (χ1) is 18.6. The number of benzene rings is 2. The van der Waals surface area contributed by atoms with Crippen molar-refractivity contribution < 1.29 is 27.2 Å². The quantitative estimate of drug-likeness (QED) is 0.335. The molecule has 0 saturated carbocycles. The summed E-state index contributed by atoms with van der Waals surface area (Å²) in [7, 11) is -0.816. The number of furan rings is 1. The minimum absolute atomic E-state index is 0.0441. The molecule has 0 spiro atoms. The number of esters is 1. The molecule has 0 unspecified atom stereocenters. The Morgan fingerprint density at radius 2 is 1.90 bits per heavy atom. The van der Waals surface area contributed by atoms with Crippen molar-refractivity contribution in [1.82, 2.24) is 9.29 Å². The Morgan fingerprint density at radius 1 is 1.10 bits per heavy atom. The lowest BCUT2D eigenvalue weighted by Gasteiger charge is -2.15. The normalized spacial score (nSPS) is 14.1. The van der Waals surface area contributed by atoms with E-state index < -0.39 is 28.5 Å². The van der Waals surface area contributed by atoms with Gasteiger partial charge in [0, 0.05) is 25.2 Å². The summed E-state index contributed by atoms with van der Waals surface area (Å²) in [6.45, 7) is 1.21. The lowest BCUT2D eigenvalue weighted by molar-refractivity contribution is -0.119. The highest BCUT2D eigenvalue weighted by Crippen LogP contribution is 2.37. The van der Waals surface area contributed by atoms with Crippen LogP contribution in [0.2, 0.25) is 0 Å². The summed E-state index contributed by atoms with van der Waals surface area (Å²) in [5.41, 5.74) is 4.48. The fourth-order valence-corrected chi connectivity index (χ4v) is 5.48. The summed E-state index contributed by atoms with van der Waals surface area (Å²) in [6, 6.07) is 15.5. The van der Waals surface area contributed by atoms with Gasteiger partial charge >= 0.3 is 5.97 Å². The van der Waals surface area contributed by atoms with E-state index in [-0.39, 0.29) is 4.90 Å². The van der Waals surface area contributed by atoms with Gasteiger partial charge in [-0.25, -0.2) is 22.5 Å². The zero-order valence-corrected chi connectivity index (χ0v) is 22.5. The number of rotatable bonds is 7. The van der Waals surface area contributed by atoms with Crippen LogP contribution in [-0.2, 0) is 26.0 Å². The molecule has 4 aromatic rings. The Labute approximate surface area is 226 Å². The van der Waals surface area contributed by atoms with Crippen molar-refractivity contribution in [2.75, 3.05) is 26.0 Å². The number of para-hydroxylation sites is 1. The second-order valence-corrected chi connectivity index (χ2v) is 11.6. The molecule has 1 N–H and O–H groups in total. The van der Waals surface area contributed by atoms with Crippen molar-refractivity contribution in [2.45, 2.75) is 24.7 Å². The topological polar surface area (TPSA) is 119 Å². The maximum Gasteiger partial charge on any atom is 0.339 e. The van der Waals surface area contributed by atoms with Gasteiger partial charge in [-0.15, -0.1) is 0 Å². The average Bonchev–Trinajstić information content (AvgIpc) is 3.57. The number of hydrogen-bond acceptors (Lipinski definition) is 7. The molecular weight excluding hydrogens is 518 g/mol. The number of ether oxygens (including phenoxy) is 1. The van der Waals surface area contributed by atoms with Crippen LogP contribution >= 0.6 is 0 Å². The number of allylic oxidation sites excluding steroid dienone is 1. The van der Waals surface area contributed by atoms with E-state index in [9.17, 15) is 18.0 Å². The minimum Gasteiger partial charge on any atom is -0.465 e. The number of carbonyl (C=O) groups is 2. The summed E-state index contributed by atoms with van der Waals surface area (Å²) in [4.78, 5) is 31.0. The molecule has 0 radical (unpaired) electrons. The zero-order valence-electron chi connectivity index (χ0n) is 21.7. The molecule has 1 amide bonds. The van der Waals surface area contributed by atoms with Crippen LogP contribution in [0.15, 0.2) is 70.2 Å². The molecule has 1 aliphatic rings. The minimum atomic E-state index is -3.68. The number of amides is 1. The lowest BCUT2D eigenvalue weighted by atomic mass is 10.0. The maximum atomic E-state index is 13.4. The Hall–Kier alpha value is -4.28. The number of anilines is 1. The predicted molar refractivity (Wildman–Crippen MR) is 148 cm³/mol. The number of carbonyl (C=O) groups excluding carboxylic acids is 2. The van der Waals surface area contributed by atoms with Crippen molar-refractivity contribution in [2.24, 2.45) is 0 Å². The molecule has 0 fully saturated rings. The van der Waals surface area contributed by atoms with Crippen LogP contribution < -0.4 is 5.32 Å². The Balaban J connectivity index is 1.38. The Morgan fingerprint density at radius 3 is 2.64 bits per heavy atom. The Kier molecular flexibility index (Phi) is 7.07. The van der Waals surface area contributed by atoms with Gasteiger partial charge in [0.2, 0.25) is 10.0 Å². The summed E-state index contributed by atoms with van der Waals surface area (Å²) < 4.78 is 37.0. The van der Waals surface area contributed by atoms with Crippen LogP contribution in [0, 0.1) is 6.92 Å². The van der Waals surface area contributed by atoms with Crippen molar-refractivity contribution in [1.29, 1.82) is 0 Å². The second kappa shape index (κ2) is 10.5. The third kappa shape index (κ3) is 5.21. The van der Waals surface area contributed by atoms with Crippen LogP contribution in [0.3, 0.4) is 0 Å². The van der Waals surface area contributed by atoms with Gasteiger partial charge in [-0.2, -0.15) is 0 Å². The van der Waals surface area contributed by atoms with Gasteiger partial charge in [0.15, 0.2) is 6.61 Å². The fraction of sp³-hybridized carbons (Fsp3) is 0.207. The predicted octanol–water partition coefficient (Wildman–Crippen LogP) is 4.67. The highest BCUT2D eigenvalue weighted by Gasteiger charge is 2.28. The van der Waals surface area contributed by atoms with E-state index in [2.05, 4.69) is 5.32 Å². The van der Waals surface area contributed by atoms with Gasteiger partial charge in [0.1, 0.15) is 5.76 Å². The van der Waals surface area contributed by atoms with E-state index in [0.717, 1.165) is 21.1 Å². The first-order valence-electron chi connectivity index (χ1n) is 12.3. The van der Waals surface area contributed by atoms with Crippen molar-refractivity contribution in [3.05, 3.63) is 89.0 Å². The molecule has 2 heterocycles. The third-order valence-corrected chi connectivity index (χ3v) is 8.41. The number of aromatic nitrogens is 1. The van der Waals surface area contributed by atoms with Crippen molar-refractivity contribution in [3.8, 4) is 0 Å². The van der Waals surface area contributed by atoms with E-state index in [0.29, 0.717) is 46.3 Å². The number of nitrogens with one attached hydrogen (secondary N) is 1. The molecule has 0 saturated heterocycles. The molecule has 0 atom stereocenters. The van der Waals surface area contributed by atoms with Crippen molar-refractivity contribution in [3.63, 3.8) is 0 Å². The molecule has 9 nitrogen and oxygen atoms in total. The number of sulfonamides is 1. The molecular formula is C29H27N3O6S. The highest BCUT2D eigenvalue weighted by molar-refractivity contribution is 7.89. The SMILES string of the molecule is Cc1ccc(S(=O)(=O)N(C)C)cc1NC(=O)COC(=O)c1c2c(nc3ccccc13)/C(=C/c1ccco1)CC2. The molecule has 1 aliphatic carbocycles. The maximum absolute atomic E-state index is 13.4. The van der Waals surface area contributed by atoms with Gasteiger partial charge in [-0.3, -0.25) is 4.79 Å². The lowest BCUT2D eigenvalue weighted by Crippen LogP contribution is -2.24. The van der Waals surface area contributed by atoms with E-state index in [4.69, 9.17) is 14.1 Å². The van der Waals surface area contributed by atoms with E-state index in [1.54, 1.807) is 19.3 Å². The number of hydrogen-bond donors (Lipinski definition) is 1.